The van der Waals surface area contributed by atoms with E-state index in [4.69, 9.17) is 9.47 Å². The number of aliphatic hydroxyl groups excluding tert-OH is 2. The molecule has 0 aliphatic carbocycles. The normalized spacial score (nSPS) is 30.1. The molecule has 1 heterocycles. The van der Waals surface area contributed by atoms with Crippen molar-refractivity contribution in [3.8, 4) is 0 Å². The Balaban J connectivity index is 1.87. The van der Waals surface area contributed by atoms with Gasteiger partial charge < -0.3 is 19.7 Å². The Morgan fingerprint density at radius 1 is 1.30 bits per heavy atom. The molecule has 2 rings (SSSR count). The Morgan fingerprint density at radius 2 is 2.00 bits per heavy atom. The van der Waals surface area contributed by atoms with Gasteiger partial charge >= 0.3 is 0 Å². The summed E-state index contributed by atoms with van der Waals surface area (Å²) in [6.07, 6.45) is -3.50. The van der Waals surface area contributed by atoms with Crippen molar-refractivity contribution >= 4 is 0 Å². The second-order valence-corrected chi connectivity index (χ2v) is 4.75. The van der Waals surface area contributed by atoms with Gasteiger partial charge in [-0.1, -0.05) is 30.3 Å². The molecule has 0 spiro atoms. The van der Waals surface area contributed by atoms with E-state index < -0.39 is 35.9 Å². The third-order valence-corrected chi connectivity index (χ3v) is 3.23. The minimum Gasteiger partial charge on any atom is -0.390 e. The summed E-state index contributed by atoms with van der Waals surface area (Å²) in [7, 11) is 0. The minimum absolute atomic E-state index is 0.0152. The third kappa shape index (κ3) is 3.73. The molecular formula is C13H17NO6. The summed E-state index contributed by atoms with van der Waals surface area (Å²) >= 11 is 0. The van der Waals surface area contributed by atoms with Crippen LogP contribution in [0.25, 0.3) is 0 Å². The first-order chi connectivity index (χ1) is 9.58. The van der Waals surface area contributed by atoms with Crippen LogP contribution in [0.15, 0.2) is 30.3 Å². The SMILES string of the molecule is O=[N+]([O-])CC1COC(OCc2ccccc2)C(O)C1O. The van der Waals surface area contributed by atoms with Crippen LogP contribution in [0.4, 0.5) is 0 Å². The maximum atomic E-state index is 10.4. The molecule has 1 aliphatic rings. The number of hydrogen-bond donors (Lipinski definition) is 2. The van der Waals surface area contributed by atoms with Gasteiger partial charge in [0.2, 0.25) is 6.54 Å². The van der Waals surface area contributed by atoms with E-state index in [1.807, 2.05) is 30.3 Å². The van der Waals surface area contributed by atoms with Crippen LogP contribution in [0.1, 0.15) is 5.56 Å². The molecule has 1 fully saturated rings. The highest BCUT2D eigenvalue weighted by Gasteiger charge is 2.41. The molecular weight excluding hydrogens is 266 g/mol. The zero-order valence-electron chi connectivity index (χ0n) is 10.8. The number of rotatable bonds is 5. The molecule has 7 heteroatoms. The smallest absolute Gasteiger partial charge is 0.211 e. The lowest BCUT2D eigenvalue weighted by atomic mass is 9.96. The highest BCUT2D eigenvalue weighted by atomic mass is 16.7. The molecule has 110 valence electrons. The fraction of sp³-hybridized carbons (Fsp3) is 0.538. The molecule has 20 heavy (non-hydrogen) atoms. The average Bonchev–Trinajstić information content (AvgIpc) is 2.44. The van der Waals surface area contributed by atoms with E-state index in [2.05, 4.69) is 0 Å². The van der Waals surface area contributed by atoms with Crippen molar-refractivity contribution < 1.29 is 24.6 Å². The van der Waals surface area contributed by atoms with Gasteiger partial charge in [-0.3, -0.25) is 10.1 Å². The van der Waals surface area contributed by atoms with Crippen molar-refractivity contribution in [2.45, 2.75) is 25.1 Å². The predicted octanol–water partition coefficient (Wildman–Crippen LogP) is 0.174. The Morgan fingerprint density at radius 3 is 2.65 bits per heavy atom. The number of ether oxygens (including phenoxy) is 2. The van der Waals surface area contributed by atoms with Gasteiger partial charge in [0.15, 0.2) is 6.29 Å². The van der Waals surface area contributed by atoms with E-state index in [9.17, 15) is 20.3 Å². The standard InChI is InChI=1S/C13H17NO6/c15-11-10(6-14(17)18)8-20-13(12(11)16)19-7-9-4-2-1-3-5-9/h1-5,10-13,15-16H,6-8H2. The van der Waals surface area contributed by atoms with Gasteiger partial charge in [-0.15, -0.1) is 0 Å². The van der Waals surface area contributed by atoms with Crippen LogP contribution in [0, 0.1) is 16.0 Å². The van der Waals surface area contributed by atoms with Gasteiger partial charge in [-0.25, -0.2) is 0 Å². The van der Waals surface area contributed by atoms with Gasteiger partial charge in [0.05, 0.1) is 25.2 Å². The summed E-state index contributed by atoms with van der Waals surface area (Å²) in [5.74, 6) is -0.725. The largest absolute Gasteiger partial charge is 0.390 e. The molecule has 1 aromatic rings. The molecule has 0 aromatic heterocycles. The number of nitro groups is 1. The van der Waals surface area contributed by atoms with Crippen LogP contribution < -0.4 is 0 Å². The average molecular weight is 283 g/mol. The van der Waals surface area contributed by atoms with E-state index in [1.165, 1.54) is 0 Å². The van der Waals surface area contributed by atoms with Crippen LogP contribution in [-0.4, -0.2) is 46.8 Å². The van der Waals surface area contributed by atoms with Gasteiger partial charge in [0.25, 0.3) is 0 Å². The van der Waals surface area contributed by atoms with E-state index in [0.29, 0.717) is 0 Å². The lowest BCUT2D eigenvalue weighted by Crippen LogP contribution is -2.52. The topological polar surface area (TPSA) is 102 Å². The van der Waals surface area contributed by atoms with Gasteiger partial charge in [0, 0.05) is 4.92 Å². The molecule has 1 aliphatic heterocycles. The predicted molar refractivity (Wildman–Crippen MR) is 68.3 cm³/mol. The van der Waals surface area contributed by atoms with Gasteiger partial charge in [0.1, 0.15) is 6.10 Å². The highest BCUT2D eigenvalue weighted by Crippen LogP contribution is 2.22. The lowest BCUT2D eigenvalue weighted by molar-refractivity contribution is -0.495. The first-order valence-corrected chi connectivity index (χ1v) is 6.33. The van der Waals surface area contributed by atoms with E-state index in [-0.39, 0.29) is 13.2 Å². The van der Waals surface area contributed by atoms with Gasteiger partial charge in [-0.2, -0.15) is 0 Å². The number of nitrogens with zero attached hydrogens (tertiary/aromatic N) is 1. The second-order valence-electron chi connectivity index (χ2n) is 4.75. The third-order valence-electron chi connectivity index (χ3n) is 3.23. The van der Waals surface area contributed by atoms with Crippen LogP contribution in [0.2, 0.25) is 0 Å². The molecule has 1 saturated heterocycles. The quantitative estimate of drug-likeness (QED) is 0.590. The number of aliphatic hydroxyl groups is 2. The van der Waals surface area contributed by atoms with Crippen molar-refractivity contribution in [2.75, 3.05) is 13.2 Å². The summed E-state index contributed by atoms with van der Waals surface area (Å²) in [5.41, 5.74) is 0.908. The van der Waals surface area contributed by atoms with Crippen molar-refractivity contribution in [3.05, 3.63) is 46.0 Å². The van der Waals surface area contributed by atoms with Crippen LogP contribution >= 0.6 is 0 Å². The number of hydrogen-bond acceptors (Lipinski definition) is 6. The summed E-state index contributed by atoms with van der Waals surface area (Å²) in [6.45, 7) is -0.225. The van der Waals surface area contributed by atoms with Crippen molar-refractivity contribution in [1.29, 1.82) is 0 Å². The van der Waals surface area contributed by atoms with Crippen molar-refractivity contribution in [1.82, 2.24) is 0 Å². The summed E-state index contributed by atoms with van der Waals surface area (Å²) in [6, 6.07) is 9.32. The van der Waals surface area contributed by atoms with E-state index in [0.717, 1.165) is 5.56 Å². The maximum absolute atomic E-state index is 10.4. The van der Waals surface area contributed by atoms with Crippen molar-refractivity contribution in [2.24, 2.45) is 5.92 Å². The van der Waals surface area contributed by atoms with Crippen LogP contribution in [0.5, 0.6) is 0 Å². The first kappa shape index (κ1) is 14.9. The second kappa shape index (κ2) is 6.76. The fourth-order valence-corrected chi connectivity index (χ4v) is 2.11. The van der Waals surface area contributed by atoms with Crippen LogP contribution in [-0.2, 0) is 16.1 Å². The summed E-state index contributed by atoms with van der Waals surface area (Å²) < 4.78 is 10.7. The molecule has 4 atom stereocenters. The maximum Gasteiger partial charge on any atom is 0.211 e. The summed E-state index contributed by atoms with van der Waals surface area (Å²) in [4.78, 5) is 9.91. The number of benzene rings is 1. The van der Waals surface area contributed by atoms with Gasteiger partial charge in [-0.05, 0) is 5.56 Å². The molecule has 0 radical (unpaired) electrons. The molecule has 1 aromatic carbocycles. The Labute approximate surface area is 115 Å². The zero-order valence-corrected chi connectivity index (χ0v) is 10.8. The molecule has 7 nitrogen and oxygen atoms in total. The van der Waals surface area contributed by atoms with Crippen LogP contribution in [0.3, 0.4) is 0 Å². The Bertz CT molecular complexity index is 440. The molecule has 4 unspecified atom stereocenters. The molecule has 0 saturated carbocycles. The molecule has 0 amide bonds. The Hall–Kier alpha value is -1.54. The fourth-order valence-electron chi connectivity index (χ4n) is 2.11. The minimum atomic E-state index is -1.29. The monoisotopic (exact) mass is 283 g/mol. The highest BCUT2D eigenvalue weighted by molar-refractivity contribution is 5.13. The Kier molecular flexibility index (Phi) is 5.02. The first-order valence-electron chi connectivity index (χ1n) is 6.33. The van der Waals surface area contributed by atoms with Crippen molar-refractivity contribution in [3.63, 3.8) is 0 Å². The molecule has 2 N–H and O–H groups in total. The van der Waals surface area contributed by atoms with E-state index >= 15 is 0 Å². The van der Waals surface area contributed by atoms with E-state index in [1.54, 1.807) is 0 Å². The summed E-state index contributed by atoms with van der Waals surface area (Å²) in [5, 5.41) is 30.2. The zero-order chi connectivity index (χ0) is 14.5. The molecule has 0 bridgehead atoms. The lowest BCUT2D eigenvalue weighted by Gasteiger charge is -2.35.